The van der Waals surface area contributed by atoms with E-state index < -0.39 is 0 Å². The zero-order valence-electron chi connectivity index (χ0n) is 15.5. The number of nitrogens with zero attached hydrogens (tertiary/aromatic N) is 1. The van der Waals surface area contributed by atoms with Crippen molar-refractivity contribution in [3.8, 4) is 5.75 Å². The molecular formula is C22H26ClNO2. The Balaban J connectivity index is 1.57. The maximum atomic E-state index is 12.5. The first-order chi connectivity index (χ1) is 12.5. The van der Waals surface area contributed by atoms with Crippen molar-refractivity contribution in [3.63, 3.8) is 0 Å². The summed E-state index contributed by atoms with van der Waals surface area (Å²) in [5, 5.41) is 0.628. The fraction of sp³-hybridized carbons (Fsp3) is 0.409. The van der Waals surface area contributed by atoms with Gasteiger partial charge in [-0.15, -0.1) is 0 Å². The SMILES string of the molecule is CC(C)CN1CCCC1COc1ccc(C(=O)c2ccc(Cl)cc2)cc1. The summed E-state index contributed by atoms with van der Waals surface area (Å²) in [7, 11) is 0. The smallest absolute Gasteiger partial charge is 0.193 e. The number of hydrogen-bond acceptors (Lipinski definition) is 3. The van der Waals surface area contributed by atoms with Gasteiger partial charge in [0.15, 0.2) is 5.78 Å². The van der Waals surface area contributed by atoms with Crippen molar-refractivity contribution in [2.45, 2.75) is 32.7 Å². The van der Waals surface area contributed by atoms with E-state index in [0.717, 1.165) is 12.3 Å². The molecule has 0 aliphatic carbocycles. The van der Waals surface area contributed by atoms with Crippen molar-refractivity contribution in [1.82, 2.24) is 4.90 Å². The lowest BCUT2D eigenvalue weighted by Crippen LogP contribution is -2.36. The Hall–Kier alpha value is -1.84. The van der Waals surface area contributed by atoms with Gasteiger partial charge in [-0.1, -0.05) is 25.4 Å². The predicted molar refractivity (Wildman–Crippen MR) is 106 cm³/mol. The molecule has 3 nitrogen and oxygen atoms in total. The summed E-state index contributed by atoms with van der Waals surface area (Å²) in [4.78, 5) is 15.0. The highest BCUT2D eigenvalue weighted by atomic mass is 35.5. The second-order valence-corrected chi connectivity index (χ2v) is 7.79. The van der Waals surface area contributed by atoms with Crippen LogP contribution in [0, 0.1) is 5.92 Å². The zero-order chi connectivity index (χ0) is 18.5. The molecule has 1 atom stereocenters. The topological polar surface area (TPSA) is 29.5 Å². The largest absolute Gasteiger partial charge is 0.492 e. The number of hydrogen-bond donors (Lipinski definition) is 0. The van der Waals surface area contributed by atoms with Gasteiger partial charge >= 0.3 is 0 Å². The molecule has 1 saturated heterocycles. The number of halogens is 1. The van der Waals surface area contributed by atoms with Crippen LogP contribution < -0.4 is 4.74 Å². The first-order valence-corrected chi connectivity index (χ1v) is 9.68. The lowest BCUT2D eigenvalue weighted by Gasteiger charge is -2.26. The van der Waals surface area contributed by atoms with Crippen molar-refractivity contribution in [3.05, 3.63) is 64.7 Å². The maximum Gasteiger partial charge on any atom is 0.193 e. The van der Waals surface area contributed by atoms with Crippen molar-refractivity contribution >= 4 is 17.4 Å². The van der Waals surface area contributed by atoms with E-state index in [1.165, 1.54) is 19.4 Å². The van der Waals surface area contributed by atoms with Gasteiger partial charge in [0.05, 0.1) is 0 Å². The van der Waals surface area contributed by atoms with Gasteiger partial charge in [-0.25, -0.2) is 0 Å². The Bertz CT molecular complexity index is 725. The van der Waals surface area contributed by atoms with Crippen molar-refractivity contribution in [1.29, 1.82) is 0 Å². The highest BCUT2D eigenvalue weighted by Gasteiger charge is 2.25. The number of likely N-dealkylation sites (tertiary alicyclic amines) is 1. The van der Waals surface area contributed by atoms with Gasteiger partial charge in [-0.3, -0.25) is 9.69 Å². The second kappa shape index (κ2) is 8.70. The Morgan fingerprint density at radius 3 is 2.35 bits per heavy atom. The van der Waals surface area contributed by atoms with E-state index >= 15 is 0 Å². The first kappa shape index (κ1) is 18.9. The van der Waals surface area contributed by atoms with E-state index in [-0.39, 0.29) is 5.78 Å². The van der Waals surface area contributed by atoms with Crippen LogP contribution in [0.4, 0.5) is 0 Å². The molecule has 2 aromatic rings. The predicted octanol–water partition coefficient (Wildman–Crippen LogP) is 5.07. The third-order valence-electron chi connectivity index (χ3n) is 4.76. The van der Waals surface area contributed by atoms with E-state index in [2.05, 4.69) is 18.7 Å². The van der Waals surface area contributed by atoms with Crippen LogP contribution in [0.3, 0.4) is 0 Å². The molecule has 4 heteroatoms. The molecule has 0 spiro atoms. The number of benzene rings is 2. The summed E-state index contributed by atoms with van der Waals surface area (Å²) in [5.74, 6) is 1.48. The molecule has 1 aliphatic heterocycles. The molecule has 26 heavy (non-hydrogen) atoms. The molecule has 0 saturated carbocycles. The van der Waals surface area contributed by atoms with Gasteiger partial charge in [-0.2, -0.15) is 0 Å². The first-order valence-electron chi connectivity index (χ1n) is 9.30. The third-order valence-corrected chi connectivity index (χ3v) is 5.02. The van der Waals surface area contributed by atoms with Crippen molar-refractivity contribution < 1.29 is 9.53 Å². The Kier molecular flexibility index (Phi) is 6.33. The van der Waals surface area contributed by atoms with Gasteiger partial charge in [-0.05, 0) is 73.8 Å². The molecule has 1 fully saturated rings. The van der Waals surface area contributed by atoms with Gasteiger partial charge < -0.3 is 4.74 Å². The van der Waals surface area contributed by atoms with Crippen LogP contribution in [0.15, 0.2) is 48.5 Å². The summed E-state index contributed by atoms with van der Waals surface area (Å²) in [6, 6.07) is 14.9. The summed E-state index contributed by atoms with van der Waals surface area (Å²) >= 11 is 5.88. The molecule has 138 valence electrons. The van der Waals surface area contributed by atoms with E-state index in [4.69, 9.17) is 16.3 Å². The van der Waals surface area contributed by atoms with Crippen LogP contribution in [0.5, 0.6) is 5.75 Å². The summed E-state index contributed by atoms with van der Waals surface area (Å²) in [6.45, 7) is 7.51. The number of ether oxygens (including phenoxy) is 1. The molecule has 0 radical (unpaired) electrons. The molecule has 3 rings (SSSR count). The molecule has 1 aliphatic rings. The third kappa shape index (κ3) is 4.87. The average Bonchev–Trinajstić information content (AvgIpc) is 3.07. The Morgan fingerprint density at radius 2 is 1.73 bits per heavy atom. The second-order valence-electron chi connectivity index (χ2n) is 7.36. The van der Waals surface area contributed by atoms with Crippen LogP contribution >= 0.6 is 11.6 Å². The lowest BCUT2D eigenvalue weighted by atomic mass is 10.0. The monoisotopic (exact) mass is 371 g/mol. The van der Waals surface area contributed by atoms with Gasteiger partial charge in [0.25, 0.3) is 0 Å². The summed E-state index contributed by atoms with van der Waals surface area (Å²) < 4.78 is 5.99. The van der Waals surface area contributed by atoms with Gasteiger partial charge in [0.2, 0.25) is 0 Å². The van der Waals surface area contributed by atoms with Crippen molar-refractivity contribution in [2.24, 2.45) is 5.92 Å². The van der Waals surface area contributed by atoms with Crippen LogP contribution in [0.2, 0.25) is 5.02 Å². The quantitative estimate of drug-likeness (QED) is 0.636. The highest BCUT2D eigenvalue weighted by Crippen LogP contribution is 2.21. The number of ketones is 1. The van der Waals surface area contributed by atoms with E-state index in [0.29, 0.717) is 34.7 Å². The van der Waals surface area contributed by atoms with E-state index in [1.807, 2.05) is 24.3 Å². The minimum atomic E-state index is -0.00730. The van der Waals surface area contributed by atoms with Gasteiger partial charge in [0, 0.05) is 28.7 Å². The summed E-state index contributed by atoms with van der Waals surface area (Å²) in [6.07, 6.45) is 2.44. The highest BCUT2D eigenvalue weighted by molar-refractivity contribution is 6.30. The molecule has 1 unspecified atom stereocenters. The zero-order valence-corrected chi connectivity index (χ0v) is 16.2. The number of carbonyl (C=O) groups is 1. The molecule has 0 N–H and O–H groups in total. The summed E-state index contributed by atoms with van der Waals surface area (Å²) in [5.41, 5.74) is 1.29. The Labute approximate surface area is 160 Å². The molecule has 1 heterocycles. The fourth-order valence-electron chi connectivity index (χ4n) is 3.46. The lowest BCUT2D eigenvalue weighted by molar-refractivity contribution is 0.103. The maximum absolute atomic E-state index is 12.5. The van der Waals surface area contributed by atoms with Crippen LogP contribution in [-0.2, 0) is 0 Å². The average molecular weight is 372 g/mol. The number of rotatable bonds is 7. The fourth-order valence-corrected chi connectivity index (χ4v) is 3.58. The minimum Gasteiger partial charge on any atom is -0.492 e. The molecule has 2 aromatic carbocycles. The van der Waals surface area contributed by atoms with Gasteiger partial charge in [0.1, 0.15) is 12.4 Å². The molecular weight excluding hydrogens is 346 g/mol. The molecule has 0 aromatic heterocycles. The van der Waals surface area contributed by atoms with E-state index in [1.54, 1.807) is 24.3 Å². The van der Waals surface area contributed by atoms with Crippen LogP contribution in [0.1, 0.15) is 42.6 Å². The van der Waals surface area contributed by atoms with Crippen LogP contribution in [0.25, 0.3) is 0 Å². The van der Waals surface area contributed by atoms with E-state index in [9.17, 15) is 4.79 Å². The standard InChI is InChI=1S/C22H26ClNO2/c1-16(2)14-24-13-3-4-20(24)15-26-21-11-7-18(8-12-21)22(25)17-5-9-19(23)10-6-17/h5-12,16,20H,3-4,13-15H2,1-2H3. The normalized spacial score (nSPS) is 17.6. The minimum absolute atomic E-state index is 0.00730. The van der Waals surface area contributed by atoms with Crippen molar-refractivity contribution in [2.75, 3.05) is 19.7 Å². The number of carbonyl (C=O) groups excluding carboxylic acids is 1. The van der Waals surface area contributed by atoms with Crippen LogP contribution in [-0.4, -0.2) is 36.4 Å². The molecule has 0 amide bonds. The Morgan fingerprint density at radius 1 is 1.12 bits per heavy atom. The molecule has 0 bridgehead atoms.